The number of likely N-dealkylation sites (tertiary alicyclic amines) is 1. The molecule has 1 saturated heterocycles. The molecule has 4 rings (SSSR count). The molecule has 0 aliphatic carbocycles. The van der Waals surface area contributed by atoms with Crippen LogP contribution < -0.4 is 5.69 Å². The molecule has 0 N–H and O–H groups in total. The number of amides is 1. The van der Waals surface area contributed by atoms with Crippen molar-refractivity contribution in [3.8, 4) is 0 Å². The average Bonchev–Trinajstić information content (AvgIpc) is 3.34. The predicted molar refractivity (Wildman–Crippen MR) is 91.1 cm³/mol. The summed E-state index contributed by atoms with van der Waals surface area (Å²) in [6.45, 7) is -1.00. The van der Waals surface area contributed by atoms with E-state index in [-0.39, 0.29) is 25.3 Å². The minimum absolute atomic E-state index is 0.0304. The molecule has 158 valence electrons. The third kappa shape index (κ3) is 3.67. The van der Waals surface area contributed by atoms with E-state index in [1.807, 2.05) is 0 Å². The lowest BCUT2D eigenvalue weighted by molar-refractivity contribution is -0.137. The summed E-state index contributed by atoms with van der Waals surface area (Å²) < 4.78 is 67.2. The summed E-state index contributed by atoms with van der Waals surface area (Å²) in [7, 11) is 0. The Morgan fingerprint density at radius 3 is 2.55 bits per heavy atom. The molecule has 4 heterocycles. The minimum Gasteiger partial charge on any atom is -0.335 e. The molecule has 2 aromatic heterocycles. The van der Waals surface area contributed by atoms with Crippen molar-refractivity contribution < 1.29 is 26.7 Å². The first-order chi connectivity index (χ1) is 13.6. The number of carbonyl (C=O) groups is 1. The second-order valence-corrected chi connectivity index (χ2v) is 7.91. The van der Waals surface area contributed by atoms with Gasteiger partial charge in [-0.2, -0.15) is 18.3 Å². The van der Waals surface area contributed by atoms with E-state index in [9.17, 15) is 31.5 Å². The summed E-state index contributed by atoms with van der Waals surface area (Å²) in [4.78, 5) is 30.1. The molecule has 29 heavy (non-hydrogen) atoms. The molecule has 0 bridgehead atoms. The number of carbonyl (C=O) groups excluding carboxylic acids is 1. The van der Waals surface area contributed by atoms with Gasteiger partial charge in [0.15, 0.2) is 17.4 Å². The summed E-state index contributed by atoms with van der Waals surface area (Å²) >= 11 is 0.421. The fourth-order valence-corrected chi connectivity index (χ4v) is 4.33. The minimum atomic E-state index is -4.57. The molecular formula is C16H16F5N5O2S. The van der Waals surface area contributed by atoms with Gasteiger partial charge in [-0.1, -0.05) is 0 Å². The summed E-state index contributed by atoms with van der Waals surface area (Å²) in [5.41, 5.74) is -0.629. The van der Waals surface area contributed by atoms with Crippen molar-refractivity contribution >= 4 is 17.2 Å². The molecule has 13 heteroatoms. The highest BCUT2D eigenvalue weighted by Crippen LogP contribution is 2.32. The smallest absolute Gasteiger partial charge is 0.335 e. The predicted octanol–water partition coefficient (Wildman–Crippen LogP) is 1.96. The molecule has 3 unspecified atom stereocenters. The molecule has 2 aliphatic heterocycles. The van der Waals surface area contributed by atoms with Crippen LogP contribution in [0.4, 0.5) is 22.0 Å². The van der Waals surface area contributed by atoms with Crippen LogP contribution in [0.2, 0.25) is 0 Å². The zero-order valence-corrected chi connectivity index (χ0v) is 15.7. The third-order valence-electron chi connectivity index (χ3n) is 5.02. The van der Waals surface area contributed by atoms with E-state index in [0.29, 0.717) is 36.4 Å². The van der Waals surface area contributed by atoms with Crippen LogP contribution in [0.1, 0.15) is 35.4 Å². The number of thiazole rings is 1. The Morgan fingerprint density at radius 2 is 1.93 bits per heavy atom. The summed E-state index contributed by atoms with van der Waals surface area (Å²) in [5, 5.41) is 4.32. The van der Waals surface area contributed by atoms with Crippen molar-refractivity contribution in [3.05, 3.63) is 32.4 Å². The topological polar surface area (TPSA) is 73.0 Å². The van der Waals surface area contributed by atoms with Crippen LogP contribution in [0, 0.1) is 0 Å². The normalized spacial score (nSPS) is 24.7. The largest absolute Gasteiger partial charge is 0.443 e. The van der Waals surface area contributed by atoms with Gasteiger partial charge in [-0.3, -0.25) is 9.36 Å². The van der Waals surface area contributed by atoms with E-state index in [2.05, 4.69) is 10.1 Å². The van der Waals surface area contributed by atoms with E-state index in [0.717, 1.165) is 9.58 Å². The fourth-order valence-electron chi connectivity index (χ4n) is 3.65. The molecule has 1 amide bonds. The van der Waals surface area contributed by atoms with E-state index in [1.54, 1.807) is 0 Å². The number of nitrogens with zero attached hydrogens (tertiary/aromatic N) is 5. The van der Waals surface area contributed by atoms with Gasteiger partial charge in [-0.25, -0.2) is 23.2 Å². The van der Waals surface area contributed by atoms with Crippen LogP contribution in [0.25, 0.3) is 0 Å². The van der Waals surface area contributed by atoms with Gasteiger partial charge in [0.05, 0.1) is 25.3 Å². The maximum atomic E-state index is 13.5. The van der Waals surface area contributed by atoms with Crippen molar-refractivity contribution in [3.63, 3.8) is 0 Å². The van der Waals surface area contributed by atoms with Crippen molar-refractivity contribution in [1.29, 1.82) is 0 Å². The van der Waals surface area contributed by atoms with Crippen molar-refractivity contribution in [2.24, 2.45) is 0 Å². The first kappa shape index (κ1) is 20.0. The SMILES string of the molecule is O=C(C1CCCc2nn(Cc3csc(C(F)(F)F)n3)c(=O)n21)N1CC(F)C(F)C1. The number of alkyl halides is 5. The molecule has 0 saturated carbocycles. The lowest BCUT2D eigenvalue weighted by Crippen LogP contribution is -2.42. The quantitative estimate of drug-likeness (QED) is 0.689. The Bertz CT molecular complexity index is 973. The van der Waals surface area contributed by atoms with Gasteiger partial charge < -0.3 is 4.90 Å². The monoisotopic (exact) mass is 437 g/mol. The lowest BCUT2D eigenvalue weighted by atomic mass is 10.0. The zero-order valence-electron chi connectivity index (χ0n) is 14.9. The number of aromatic nitrogens is 4. The fraction of sp³-hybridized carbons (Fsp3) is 0.625. The van der Waals surface area contributed by atoms with Gasteiger partial charge in [-0.05, 0) is 12.8 Å². The highest BCUT2D eigenvalue weighted by Gasteiger charge is 2.40. The van der Waals surface area contributed by atoms with Gasteiger partial charge in [0.25, 0.3) is 0 Å². The van der Waals surface area contributed by atoms with E-state index in [4.69, 9.17) is 0 Å². The first-order valence-electron chi connectivity index (χ1n) is 8.92. The lowest BCUT2D eigenvalue weighted by Gasteiger charge is -2.26. The first-order valence-corrected chi connectivity index (χ1v) is 9.80. The van der Waals surface area contributed by atoms with E-state index >= 15 is 0 Å². The standard InChI is InChI=1S/C16H16F5N5O2S/c17-9-5-24(6-10(9)18)13(27)11-2-1-3-12-23-25(15(28)26(11)12)4-8-7-29-14(22-8)16(19,20)21/h7,9-11H,1-6H2. The molecular weight excluding hydrogens is 421 g/mol. The maximum Gasteiger partial charge on any atom is 0.443 e. The summed E-state index contributed by atoms with van der Waals surface area (Å²) in [6.07, 6.45) is -6.81. The molecule has 1 fully saturated rings. The molecule has 0 aromatic carbocycles. The van der Waals surface area contributed by atoms with Gasteiger partial charge in [0, 0.05) is 11.8 Å². The van der Waals surface area contributed by atoms with Crippen LogP contribution in [-0.4, -0.2) is 55.6 Å². The number of hydrogen-bond acceptors (Lipinski definition) is 5. The number of rotatable bonds is 3. The van der Waals surface area contributed by atoms with Crippen LogP contribution in [0.5, 0.6) is 0 Å². The summed E-state index contributed by atoms with van der Waals surface area (Å²) in [6, 6.07) is -0.932. The summed E-state index contributed by atoms with van der Waals surface area (Å²) in [5.74, 6) is -0.234. The average molecular weight is 437 g/mol. The third-order valence-corrected chi connectivity index (χ3v) is 5.95. The molecule has 2 aromatic rings. The van der Waals surface area contributed by atoms with Crippen molar-refractivity contribution in [2.75, 3.05) is 13.1 Å². The second-order valence-electron chi connectivity index (χ2n) is 7.05. The number of fused-ring (bicyclic) bond motifs is 1. The van der Waals surface area contributed by atoms with Crippen LogP contribution in [0.3, 0.4) is 0 Å². The highest BCUT2D eigenvalue weighted by atomic mass is 32.1. The molecule has 2 aliphatic rings. The van der Waals surface area contributed by atoms with Gasteiger partial charge in [-0.15, -0.1) is 11.3 Å². The van der Waals surface area contributed by atoms with E-state index < -0.39 is 41.2 Å². The van der Waals surface area contributed by atoms with Gasteiger partial charge in [0.1, 0.15) is 11.9 Å². The van der Waals surface area contributed by atoms with Crippen LogP contribution in [0.15, 0.2) is 10.2 Å². The van der Waals surface area contributed by atoms with Gasteiger partial charge >= 0.3 is 11.9 Å². The van der Waals surface area contributed by atoms with Crippen LogP contribution in [-0.2, 0) is 23.9 Å². The van der Waals surface area contributed by atoms with Gasteiger partial charge in [0.2, 0.25) is 5.91 Å². The Hall–Kier alpha value is -2.31. The molecule has 7 nitrogen and oxygen atoms in total. The van der Waals surface area contributed by atoms with Crippen molar-refractivity contribution in [1.82, 2.24) is 24.2 Å². The van der Waals surface area contributed by atoms with Crippen molar-refractivity contribution in [2.45, 2.75) is 50.4 Å². The molecule has 0 spiro atoms. The molecule has 3 atom stereocenters. The Labute approximate surface area is 164 Å². The Morgan fingerprint density at radius 1 is 1.24 bits per heavy atom. The number of aryl methyl sites for hydroxylation is 1. The molecule has 0 radical (unpaired) electrons. The van der Waals surface area contributed by atoms with E-state index in [1.165, 1.54) is 9.95 Å². The highest BCUT2D eigenvalue weighted by molar-refractivity contribution is 7.09. The Kier molecular flexibility index (Phi) is 4.95. The van der Waals surface area contributed by atoms with Crippen LogP contribution >= 0.6 is 11.3 Å². The second kappa shape index (κ2) is 7.18. The Balaban J connectivity index is 1.59. The maximum absolute atomic E-state index is 13.5. The number of hydrogen-bond donors (Lipinski definition) is 0. The number of halogens is 5. The zero-order chi connectivity index (χ0) is 20.9.